The van der Waals surface area contributed by atoms with E-state index in [-0.39, 0.29) is 36.7 Å². The predicted octanol–water partition coefficient (Wildman–Crippen LogP) is 4.64. The zero-order valence-corrected chi connectivity index (χ0v) is 23.6. The lowest BCUT2D eigenvalue weighted by Gasteiger charge is -2.24. The topological polar surface area (TPSA) is 134 Å². The number of carboxylic acid groups (broad SMARTS) is 1. The maximum Gasteiger partial charge on any atom is 0.409 e. The van der Waals surface area contributed by atoms with E-state index in [0.29, 0.717) is 0 Å². The Morgan fingerprint density at radius 1 is 0.833 bits per heavy atom. The monoisotopic (exact) mass is 571 g/mol. The molecule has 3 aromatic carbocycles. The van der Waals surface area contributed by atoms with Gasteiger partial charge in [-0.3, -0.25) is 4.79 Å². The molecule has 0 unspecified atom stereocenters. The number of hydrogen-bond acceptors (Lipinski definition) is 6. The average Bonchev–Trinajstić information content (AvgIpc) is 3.49. The van der Waals surface area contributed by atoms with Gasteiger partial charge in [-0.05, 0) is 61.2 Å². The number of fused-ring (bicyclic) bond motifs is 3. The van der Waals surface area contributed by atoms with Crippen molar-refractivity contribution in [1.82, 2.24) is 15.5 Å². The Kier molecular flexibility index (Phi) is 7.89. The van der Waals surface area contributed by atoms with Crippen LogP contribution in [0.2, 0.25) is 0 Å². The highest BCUT2D eigenvalue weighted by Gasteiger charge is 2.39. The van der Waals surface area contributed by atoms with Crippen LogP contribution in [0.5, 0.6) is 0 Å². The van der Waals surface area contributed by atoms with Crippen LogP contribution in [0.25, 0.3) is 11.1 Å². The lowest BCUT2D eigenvalue weighted by atomic mass is 9.98. The van der Waals surface area contributed by atoms with E-state index < -0.39 is 41.7 Å². The van der Waals surface area contributed by atoms with Crippen molar-refractivity contribution >= 4 is 24.1 Å². The molecular weight excluding hydrogens is 538 g/mol. The minimum atomic E-state index is -1.16. The summed E-state index contributed by atoms with van der Waals surface area (Å²) in [4.78, 5) is 51.8. The molecule has 42 heavy (non-hydrogen) atoms. The van der Waals surface area contributed by atoms with Gasteiger partial charge < -0.3 is 30.1 Å². The van der Waals surface area contributed by atoms with Crippen LogP contribution >= 0.6 is 0 Å². The summed E-state index contributed by atoms with van der Waals surface area (Å²) in [5.41, 5.74) is 3.78. The Bertz CT molecular complexity index is 1480. The SMILES string of the molecule is CC(C)(C)OC(=O)N[C@H]1CN(C(=O)OCC2c3ccccc3-c3ccccc32)C[C@@H]1NC(=O)c1cccc(C(=O)O)c1. The molecule has 1 saturated heterocycles. The van der Waals surface area contributed by atoms with Gasteiger partial charge in [-0.25, -0.2) is 14.4 Å². The maximum atomic E-state index is 13.3. The number of carbonyl (C=O) groups is 4. The first-order valence-corrected chi connectivity index (χ1v) is 13.7. The number of benzene rings is 3. The van der Waals surface area contributed by atoms with Crippen molar-refractivity contribution in [2.75, 3.05) is 19.7 Å². The molecule has 0 aromatic heterocycles. The Morgan fingerprint density at radius 2 is 1.40 bits per heavy atom. The molecule has 0 spiro atoms. The molecule has 1 aliphatic heterocycles. The highest BCUT2D eigenvalue weighted by Crippen LogP contribution is 2.44. The first-order valence-electron chi connectivity index (χ1n) is 13.7. The first-order chi connectivity index (χ1) is 20.0. The lowest BCUT2D eigenvalue weighted by Crippen LogP contribution is -2.51. The molecule has 1 fully saturated rings. The summed E-state index contributed by atoms with van der Waals surface area (Å²) < 4.78 is 11.2. The van der Waals surface area contributed by atoms with Gasteiger partial charge in [0.25, 0.3) is 5.91 Å². The Balaban J connectivity index is 1.29. The number of rotatable bonds is 6. The van der Waals surface area contributed by atoms with E-state index in [1.807, 2.05) is 36.4 Å². The van der Waals surface area contributed by atoms with Gasteiger partial charge in [-0.1, -0.05) is 54.6 Å². The molecule has 0 radical (unpaired) electrons. The van der Waals surface area contributed by atoms with E-state index in [1.54, 1.807) is 20.8 Å². The van der Waals surface area contributed by atoms with Crippen LogP contribution in [0.4, 0.5) is 9.59 Å². The van der Waals surface area contributed by atoms with Crippen LogP contribution in [0.1, 0.15) is 58.5 Å². The molecule has 3 amide bonds. The number of ether oxygens (including phenoxy) is 2. The molecule has 218 valence electrons. The van der Waals surface area contributed by atoms with Gasteiger partial charge in [-0.2, -0.15) is 0 Å². The molecule has 10 heteroatoms. The van der Waals surface area contributed by atoms with Crippen molar-refractivity contribution in [2.24, 2.45) is 0 Å². The fourth-order valence-electron chi connectivity index (χ4n) is 5.43. The summed E-state index contributed by atoms with van der Waals surface area (Å²) in [6, 6.07) is 20.4. The third-order valence-electron chi connectivity index (χ3n) is 7.30. The fourth-order valence-corrected chi connectivity index (χ4v) is 5.43. The summed E-state index contributed by atoms with van der Waals surface area (Å²) in [6.07, 6.45) is -1.26. The number of aromatic carboxylic acids is 1. The maximum absolute atomic E-state index is 13.3. The van der Waals surface area contributed by atoms with Crippen molar-refractivity contribution in [3.8, 4) is 11.1 Å². The van der Waals surface area contributed by atoms with Crippen LogP contribution in [0.15, 0.2) is 72.8 Å². The summed E-state index contributed by atoms with van der Waals surface area (Å²) >= 11 is 0. The first kappa shape index (κ1) is 28.7. The smallest absolute Gasteiger partial charge is 0.409 e. The Hall–Kier alpha value is -4.86. The van der Waals surface area contributed by atoms with Crippen LogP contribution in [-0.2, 0) is 9.47 Å². The van der Waals surface area contributed by atoms with Gasteiger partial charge in [-0.15, -0.1) is 0 Å². The number of alkyl carbamates (subject to hydrolysis) is 1. The van der Waals surface area contributed by atoms with Gasteiger partial charge in [0.15, 0.2) is 0 Å². The molecule has 0 saturated carbocycles. The molecule has 5 rings (SSSR count). The van der Waals surface area contributed by atoms with Gasteiger partial charge in [0, 0.05) is 24.6 Å². The van der Waals surface area contributed by atoms with E-state index >= 15 is 0 Å². The number of nitrogens with one attached hydrogen (secondary N) is 2. The van der Waals surface area contributed by atoms with E-state index in [1.165, 1.54) is 29.2 Å². The second-order valence-electron chi connectivity index (χ2n) is 11.4. The molecular formula is C32H33N3O7. The largest absolute Gasteiger partial charge is 0.478 e. The molecule has 1 aliphatic carbocycles. The van der Waals surface area contributed by atoms with E-state index in [4.69, 9.17) is 9.47 Å². The second-order valence-corrected chi connectivity index (χ2v) is 11.4. The molecule has 3 N–H and O–H groups in total. The Morgan fingerprint density at radius 3 is 2.00 bits per heavy atom. The van der Waals surface area contributed by atoms with Crippen molar-refractivity contribution in [2.45, 2.75) is 44.4 Å². The molecule has 0 bridgehead atoms. The van der Waals surface area contributed by atoms with E-state index in [2.05, 4.69) is 22.8 Å². The van der Waals surface area contributed by atoms with Gasteiger partial charge in [0.1, 0.15) is 12.2 Å². The highest BCUT2D eigenvalue weighted by molar-refractivity contribution is 5.97. The normalized spacial score (nSPS) is 17.6. The number of carbonyl (C=O) groups excluding carboxylic acids is 3. The third kappa shape index (κ3) is 6.22. The number of nitrogens with zero attached hydrogens (tertiary/aromatic N) is 1. The van der Waals surface area contributed by atoms with Crippen molar-refractivity contribution in [1.29, 1.82) is 0 Å². The minimum Gasteiger partial charge on any atom is -0.478 e. The van der Waals surface area contributed by atoms with Gasteiger partial charge in [0.2, 0.25) is 0 Å². The van der Waals surface area contributed by atoms with Crippen molar-refractivity contribution in [3.05, 3.63) is 95.1 Å². The lowest BCUT2D eigenvalue weighted by molar-refractivity contribution is 0.0494. The number of likely N-dealkylation sites (tertiary alicyclic amines) is 1. The predicted molar refractivity (Wildman–Crippen MR) is 154 cm³/mol. The zero-order chi connectivity index (χ0) is 30.0. The van der Waals surface area contributed by atoms with E-state index in [9.17, 15) is 24.3 Å². The molecule has 2 aliphatic rings. The van der Waals surface area contributed by atoms with E-state index in [0.717, 1.165) is 22.3 Å². The summed E-state index contributed by atoms with van der Waals surface area (Å²) in [7, 11) is 0. The van der Waals surface area contributed by atoms with Crippen molar-refractivity contribution in [3.63, 3.8) is 0 Å². The minimum absolute atomic E-state index is 0.0298. The molecule has 1 heterocycles. The van der Waals surface area contributed by atoms with Crippen molar-refractivity contribution < 1.29 is 33.8 Å². The van der Waals surface area contributed by atoms with Crippen LogP contribution in [-0.4, -0.2) is 71.5 Å². The van der Waals surface area contributed by atoms with Crippen LogP contribution < -0.4 is 10.6 Å². The third-order valence-corrected chi connectivity index (χ3v) is 7.30. The highest BCUT2D eigenvalue weighted by atomic mass is 16.6. The number of amides is 3. The Labute approximate surface area is 243 Å². The van der Waals surface area contributed by atoms with Gasteiger partial charge >= 0.3 is 18.2 Å². The summed E-state index contributed by atoms with van der Waals surface area (Å²) in [5, 5.41) is 14.9. The fraction of sp³-hybridized carbons (Fsp3) is 0.312. The summed E-state index contributed by atoms with van der Waals surface area (Å²) in [5.74, 6) is -1.80. The van der Waals surface area contributed by atoms with Crippen LogP contribution in [0.3, 0.4) is 0 Å². The van der Waals surface area contributed by atoms with Crippen LogP contribution in [0, 0.1) is 0 Å². The molecule has 2 atom stereocenters. The molecule has 10 nitrogen and oxygen atoms in total. The van der Waals surface area contributed by atoms with Gasteiger partial charge in [0.05, 0.1) is 17.6 Å². The number of hydrogen-bond donors (Lipinski definition) is 3. The summed E-state index contributed by atoms with van der Waals surface area (Å²) in [6.45, 7) is 5.49. The quantitative estimate of drug-likeness (QED) is 0.392. The standard InChI is InChI=1S/C32H33N3O7/c1-32(2,3)42-30(39)34-27-17-35(16-26(27)33-28(36)19-9-8-10-20(15-19)29(37)38)31(40)41-18-25-23-13-6-4-11-21(23)22-12-5-7-14-24(22)25/h4-15,25-27H,16-18H2,1-3H3,(H,33,36)(H,34,39)(H,37,38)/t26-,27-/m0/s1. The average molecular weight is 572 g/mol. The number of carboxylic acids is 1. The molecule has 3 aromatic rings. The second kappa shape index (κ2) is 11.6. The zero-order valence-electron chi connectivity index (χ0n) is 23.6.